The number of nitrogens with zero attached hydrogens (tertiary/aromatic N) is 1. The molecule has 2 atom stereocenters. The van der Waals surface area contributed by atoms with Gasteiger partial charge in [0.15, 0.2) is 0 Å². The number of nitrogens with two attached hydrogens (primary N) is 1. The molecule has 0 saturated carbocycles. The summed E-state index contributed by atoms with van der Waals surface area (Å²) in [6, 6.07) is 8.20. The number of carbonyl (C=O) groups is 1. The van der Waals surface area contributed by atoms with Gasteiger partial charge in [0.1, 0.15) is 0 Å². The van der Waals surface area contributed by atoms with Crippen LogP contribution in [-0.4, -0.2) is 31.2 Å². The fourth-order valence-corrected chi connectivity index (χ4v) is 4.47. The summed E-state index contributed by atoms with van der Waals surface area (Å²) in [7, 11) is 3.58. The molecule has 0 fully saturated rings. The zero-order chi connectivity index (χ0) is 25.6. The Morgan fingerprint density at radius 2 is 1.88 bits per heavy atom. The minimum atomic E-state index is -0.0630. The highest BCUT2D eigenvalue weighted by Crippen LogP contribution is 2.32. The maximum Gasteiger partial charge on any atom is 0.229 e. The SMILES string of the molecule is C=C(/C(CC)=C(\N)CC(C)(C)C)c1cc2ccc(N(C)C(=O)C(C)CCC(CC)OC)cc2[nH]1. The number of nitrogens with one attached hydrogen (secondary N) is 1. The number of rotatable bonds is 11. The summed E-state index contributed by atoms with van der Waals surface area (Å²) in [5, 5.41) is 1.09. The number of benzene rings is 1. The first-order chi connectivity index (χ1) is 15.9. The maximum atomic E-state index is 13.0. The van der Waals surface area contributed by atoms with Crippen LogP contribution in [0, 0.1) is 11.3 Å². The summed E-state index contributed by atoms with van der Waals surface area (Å²) < 4.78 is 5.46. The van der Waals surface area contributed by atoms with Crippen LogP contribution in [0.3, 0.4) is 0 Å². The predicted octanol–water partition coefficient (Wildman–Crippen LogP) is 7.04. The summed E-state index contributed by atoms with van der Waals surface area (Å²) in [6.45, 7) is 17.2. The molecule has 0 aliphatic rings. The van der Waals surface area contributed by atoms with E-state index in [1.165, 1.54) is 0 Å². The smallest absolute Gasteiger partial charge is 0.229 e. The Labute approximate surface area is 206 Å². The first-order valence-corrected chi connectivity index (χ1v) is 12.5. The largest absolute Gasteiger partial charge is 0.402 e. The lowest BCUT2D eigenvalue weighted by molar-refractivity contribution is -0.122. The van der Waals surface area contributed by atoms with E-state index in [2.05, 4.69) is 58.3 Å². The molecule has 1 aromatic carbocycles. The van der Waals surface area contributed by atoms with Crippen molar-refractivity contribution in [3.8, 4) is 0 Å². The molecule has 3 N–H and O–H groups in total. The summed E-state index contributed by atoms with van der Waals surface area (Å²) in [6.07, 6.45) is 4.53. The normalized spacial score (nSPS) is 14.6. The first-order valence-electron chi connectivity index (χ1n) is 12.5. The lowest BCUT2D eigenvalue weighted by Gasteiger charge is -2.23. The number of hydrogen-bond donors (Lipinski definition) is 2. The quantitative estimate of drug-likeness (QED) is 0.348. The van der Waals surface area contributed by atoms with Gasteiger partial charge in [0, 0.05) is 48.1 Å². The standard InChI is InChI=1S/C29H45N3O2/c1-10-23(34-9)15-12-19(3)28(33)32(8)22-14-13-21-16-26(31-27(21)17-22)20(4)24(11-2)25(30)18-29(5,6)7/h13-14,16-17,19,23,31H,4,10-12,15,18,30H2,1-3,5-9H3/b25-24-. The van der Waals surface area contributed by atoms with Gasteiger partial charge < -0.3 is 20.4 Å². The third kappa shape index (κ3) is 6.99. The number of anilines is 1. The van der Waals surface area contributed by atoms with Gasteiger partial charge in [-0.2, -0.15) is 0 Å². The van der Waals surface area contributed by atoms with Crippen LogP contribution in [-0.2, 0) is 9.53 Å². The average molecular weight is 468 g/mol. The van der Waals surface area contributed by atoms with E-state index in [4.69, 9.17) is 10.5 Å². The molecule has 2 rings (SSSR count). The zero-order valence-corrected chi connectivity index (χ0v) is 22.5. The monoisotopic (exact) mass is 467 g/mol. The van der Waals surface area contributed by atoms with Gasteiger partial charge in [-0.05, 0) is 66.9 Å². The van der Waals surface area contributed by atoms with E-state index in [1.807, 2.05) is 26.1 Å². The number of hydrogen-bond acceptors (Lipinski definition) is 3. The van der Waals surface area contributed by atoms with Crippen LogP contribution in [0.5, 0.6) is 0 Å². The molecule has 188 valence electrons. The van der Waals surface area contributed by atoms with Gasteiger partial charge in [0.25, 0.3) is 0 Å². The van der Waals surface area contributed by atoms with Crippen molar-refractivity contribution in [3.05, 3.63) is 47.8 Å². The van der Waals surface area contributed by atoms with Gasteiger partial charge in [-0.25, -0.2) is 0 Å². The van der Waals surface area contributed by atoms with Gasteiger partial charge in [0.05, 0.1) is 6.10 Å². The number of ether oxygens (including phenoxy) is 1. The number of methoxy groups -OCH3 is 1. The van der Waals surface area contributed by atoms with Crippen molar-refractivity contribution in [1.29, 1.82) is 0 Å². The molecule has 0 bridgehead atoms. The zero-order valence-electron chi connectivity index (χ0n) is 22.5. The Balaban J connectivity index is 2.23. The molecule has 0 spiro atoms. The van der Waals surface area contributed by atoms with Gasteiger partial charge in [-0.3, -0.25) is 4.79 Å². The Morgan fingerprint density at radius 1 is 1.21 bits per heavy atom. The van der Waals surface area contributed by atoms with Crippen molar-refractivity contribution < 1.29 is 9.53 Å². The molecule has 0 aliphatic heterocycles. The van der Waals surface area contributed by atoms with E-state index in [1.54, 1.807) is 12.0 Å². The Kier molecular flexibility index (Phi) is 9.57. The fourth-order valence-electron chi connectivity index (χ4n) is 4.47. The summed E-state index contributed by atoms with van der Waals surface area (Å²) in [5.74, 6) is 0.0552. The fraction of sp³-hybridized carbons (Fsp3) is 0.552. The summed E-state index contributed by atoms with van der Waals surface area (Å²) in [5.41, 5.74) is 12.4. The van der Waals surface area contributed by atoms with Gasteiger partial charge in [-0.1, -0.05) is 54.2 Å². The topological polar surface area (TPSA) is 71.3 Å². The van der Waals surface area contributed by atoms with Crippen LogP contribution in [0.15, 0.2) is 42.1 Å². The van der Waals surface area contributed by atoms with Crippen molar-refractivity contribution in [3.63, 3.8) is 0 Å². The lowest BCUT2D eigenvalue weighted by atomic mass is 9.87. The molecule has 5 nitrogen and oxygen atoms in total. The van der Waals surface area contributed by atoms with Crippen molar-refractivity contribution in [2.75, 3.05) is 19.1 Å². The second kappa shape index (κ2) is 11.7. The molecule has 2 unspecified atom stereocenters. The van der Waals surface area contributed by atoms with Crippen LogP contribution < -0.4 is 10.6 Å². The summed E-state index contributed by atoms with van der Waals surface area (Å²) >= 11 is 0. The number of allylic oxidation sites excluding steroid dienone is 3. The third-order valence-corrected chi connectivity index (χ3v) is 6.61. The van der Waals surface area contributed by atoms with E-state index >= 15 is 0 Å². The first kappa shape index (κ1) is 27.7. The van der Waals surface area contributed by atoms with E-state index in [-0.39, 0.29) is 23.3 Å². The molecule has 2 aromatic rings. The molecule has 1 aromatic heterocycles. The van der Waals surface area contributed by atoms with E-state index < -0.39 is 0 Å². The van der Waals surface area contributed by atoms with Gasteiger partial charge >= 0.3 is 0 Å². The molecular weight excluding hydrogens is 422 g/mol. The van der Waals surface area contributed by atoms with Crippen LogP contribution in [0.2, 0.25) is 0 Å². The molecule has 0 aliphatic carbocycles. The Bertz CT molecular complexity index is 1020. The highest BCUT2D eigenvalue weighted by atomic mass is 16.5. The highest BCUT2D eigenvalue weighted by Gasteiger charge is 2.21. The number of carbonyl (C=O) groups excluding carboxylic acids is 1. The van der Waals surface area contributed by atoms with Gasteiger partial charge in [0.2, 0.25) is 5.91 Å². The van der Waals surface area contributed by atoms with E-state index in [9.17, 15) is 4.79 Å². The minimum absolute atomic E-state index is 0.0630. The van der Waals surface area contributed by atoms with Crippen molar-refractivity contribution in [1.82, 2.24) is 4.98 Å². The molecule has 1 amide bonds. The van der Waals surface area contributed by atoms with Crippen LogP contribution >= 0.6 is 0 Å². The lowest BCUT2D eigenvalue weighted by Crippen LogP contribution is -2.32. The van der Waals surface area contributed by atoms with Crippen LogP contribution in [0.4, 0.5) is 5.69 Å². The third-order valence-electron chi connectivity index (χ3n) is 6.61. The maximum absolute atomic E-state index is 13.0. The summed E-state index contributed by atoms with van der Waals surface area (Å²) in [4.78, 5) is 18.3. The minimum Gasteiger partial charge on any atom is -0.402 e. The Hall–Kier alpha value is -2.53. The molecule has 1 heterocycles. The van der Waals surface area contributed by atoms with E-state index in [0.29, 0.717) is 0 Å². The number of amides is 1. The number of H-pyrrole nitrogens is 1. The Morgan fingerprint density at radius 3 is 2.44 bits per heavy atom. The molecule has 5 heteroatoms. The van der Waals surface area contributed by atoms with Gasteiger partial charge in [-0.15, -0.1) is 0 Å². The van der Waals surface area contributed by atoms with Crippen molar-refractivity contribution in [2.45, 2.75) is 79.8 Å². The predicted molar refractivity (Wildman–Crippen MR) is 146 cm³/mol. The molecule has 0 saturated heterocycles. The second-order valence-corrected chi connectivity index (χ2v) is 10.7. The average Bonchev–Trinajstić information content (AvgIpc) is 3.21. The van der Waals surface area contributed by atoms with Crippen LogP contribution in [0.25, 0.3) is 16.5 Å². The second-order valence-electron chi connectivity index (χ2n) is 10.7. The van der Waals surface area contributed by atoms with E-state index in [0.717, 1.165) is 71.2 Å². The number of aromatic amines is 1. The molecule has 34 heavy (non-hydrogen) atoms. The number of fused-ring (bicyclic) bond motifs is 1. The molecular formula is C29H45N3O2. The number of aromatic nitrogens is 1. The highest BCUT2D eigenvalue weighted by molar-refractivity contribution is 5.97. The molecule has 0 radical (unpaired) electrons. The van der Waals surface area contributed by atoms with Crippen molar-refractivity contribution >= 4 is 28.1 Å². The van der Waals surface area contributed by atoms with Crippen molar-refractivity contribution in [2.24, 2.45) is 17.1 Å². The van der Waals surface area contributed by atoms with Crippen LogP contribution in [0.1, 0.15) is 79.3 Å².